The molecule has 0 aromatic rings. The molecule has 0 aliphatic heterocycles. The highest BCUT2D eigenvalue weighted by molar-refractivity contribution is 7.99. The van der Waals surface area contributed by atoms with E-state index in [0.29, 0.717) is 0 Å². The van der Waals surface area contributed by atoms with Crippen LogP contribution >= 0.6 is 11.8 Å². The summed E-state index contributed by atoms with van der Waals surface area (Å²) in [7, 11) is 2.15. The van der Waals surface area contributed by atoms with Crippen molar-refractivity contribution in [1.82, 2.24) is 5.32 Å². The lowest BCUT2D eigenvalue weighted by Gasteiger charge is -2.38. The van der Waals surface area contributed by atoms with Crippen molar-refractivity contribution < 1.29 is 0 Å². The van der Waals surface area contributed by atoms with E-state index in [1.54, 1.807) is 0 Å². The molecule has 2 heteroatoms. The molecule has 0 heterocycles. The van der Waals surface area contributed by atoms with Crippen molar-refractivity contribution in [3.63, 3.8) is 0 Å². The molecule has 1 aliphatic rings. The van der Waals surface area contributed by atoms with Gasteiger partial charge in [-0.15, -0.1) is 0 Å². The molecule has 1 saturated carbocycles. The highest BCUT2D eigenvalue weighted by Gasteiger charge is 2.30. The van der Waals surface area contributed by atoms with Gasteiger partial charge in [-0.3, -0.25) is 0 Å². The van der Waals surface area contributed by atoms with E-state index < -0.39 is 0 Å². The van der Waals surface area contributed by atoms with Gasteiger partial charge in [0.1, 0.15) is 0 Å². The van der Waals surface area contributed by atoms with Crippen LogP contribution in [0, 0.1) is 17.8 Å². The van der Waals surface area contributed by atoms with E-state index in [-0.39, 0.29) is 0 Å². The van der Waals surface area contributed by atoms with Gasteiger partial charge in [0.25, 0.3) is 0 Å². The fraction of sp³-hybridized carbons (Fsp3) is 1.00. The van der Waals surface area contributed by atoms with Crippen LogP contribution in [0.5, 0.6) is 0 Å². The predicted molar refractivity (Wildman–Crippen MR) is 80.7 cm³/mol. The first-order valence-electron chi connectivity index (χ1n) is 7.44. The molecule has 0 saturated heterocycles. The molecule has 17 heavy (non-hydrogen) atoms. The molecule has 1 rings (SSSR count). The minimum Gasteiger partial charge on any atom is -0.317 e. The molecule has 0 radical (unpaired) electrons. The summed E-state index contributed by atoms with van der Waals surface area (Å²) in [5.74, 6) is 5.41. The standard InChI is InChI=1S/C15H31NS/c1-5-17-10-6-7-14-11-13(12(2)3)8-9-15(14)16-4/h12-16H,5-11H2,1-4H3. The van der Waals surface area contributed by atoms with Crippen LogP contribution in [0.1, 0.15) is 52.9 Å². The molecule has 102 valence electrons. The zero-order chi connectivity index (χ0) is 12.7. The van der Waals surface area contributed by atoms with E-state index in [1.165, 1.54) is 43.6 Å². The Kier molecular flexibility index (Phi) is 7.61. The van der Waals surface area contributed by atoms with Crippen LogP contribution in [0.2, 0.25) is 0 Å². The quantitative estimate of drug-likeness (QED) is 0.687. The van der Waals surface area contributed by atoms with Gasteiger partial charge < -0.3 is 5.32 Å². The Bertz CT molecular complexity index is 193. The minimum atomic E-state index is 0.789. The van der Waals surface area contributed by atoms with Crippen LogP contribution in [0.4, 0.5) is 0 Å². The summed E-state index contributed by atoms with van der Waals surface area (Å²) in [6.07, 6.45) is 7.13. The summed E-state index contributed by atoms with van der Waals surface area (Å²) in [5, 5.41) is 3.55. The highest BCUT2D eigenvalue weighted by atomic mass is 32.2. The van der Waals surface area contributed by atoms with Gasteiger partial charge in [0.15, 0.2) is 0 Å². The number of hydrogen-bond donors (Lipinski definition) is 1. The monoisotopic (exact) mass is 257 g/mol. The van der Waals surface area contributed by atoms with Crippen LogP contribution < -0.4 is 5.32 Å². The SMILES string of the molecule is CCSCCCC1CC(C(C)C)CCC1NC. The number of thioether (sulfide) groups is 1. The van der Waals surface area contributed by atoms with Crippen molar-refractivity contribution >= 4 is 11.8 Å². The van der Waals surface area contributed by atoms with Gasteiger partial charge in [-0.1, -0.05) is 20.8 Å². The summed E-state index contributed by atoms with van der Waals surface area (Å²) in [6, 6.07) is 0.789. The lowest BCUT2D eigenvalue weighted by Crippen LogP contribution is -2.39. The maximum atomic E-state index is 3.55. The molecule has 0 aromatic carbocycles. The smallest absolute Gasteiger partial charge is 0.00925 e. The maximum Gasteiger partial charge on any atom is 0.00925 e. The number of rotatable bonds is 7. The zero-order valence-electron chi connectivity index (χ0n) is 12.2. The molecule has 0 aromatic heterocycles. The van der Waals surface area contributed by atoms with Crippen LogP contribution in [0.15, 0.2) is 0 Å². The summed E-state index contributed by atoms with van der Waals surface area (Å²) in [6.45, 7) is 7.05. The second kappa shape index (κ2) is 8.42. The largest absolute Gasteiger partial charge is 0.317 e. The fourth-order valence-electron chi connectivity index (χ4n) is 3.20. The second-order valence-corrected chi connectivity index (χ2v) is 7.21. The lowest BCUT2D eigenvalue weighted by molar-refractivity contribution is 0.165. The minimum absolute atomic E-state index is 0.789. The normalized spacial score (nSPS) is 29.8. The van der Waals surface area contributed by atoms with Gasteiger partial charge in [-0.25, -0.2) is 0 Å². The van der Waals surface area contributed by atoms with Crippen molar-refractivity contribution in [3.8, 4) is 0 Å². The van der Waals surface area contributed by atoms with Gasteiger partial charge in [0.05, 0.1) is 0 Å². The molecule has 1 N–H and O–H groups in total. The van der Waals surface area contributed by atoms with Gasteiger partial charge in [0, 0.05) is 6.04 Å². The average molecular weight is 257 g/mol. The molecule has 3 atom stereocenters. The summed E-state index contributed by atoms with van der Waals surface area (Å²) >= 11 is 2.09. The van der Waals surface area contributed by atoms with E-state index >= 15 is 0 Å². The third kappa shape index (κ3) is 5.21. The lowest BCUT2D eigenvalue weighted by atomic mass is 9.72. The van der Waals surface area contributed by atoms with Gasteiger partial charge in [-0.05, 0) is 68.4 Å². The molecule has 0 bridgehead atoms. The Morgan fingerprint density at radius 3 is 2.65 bits per heavy atom. The first-order chi connectivity index (χ1) is 8.19. The van der Waals surface area contributed by atoms with E-state index in [2.05, 4.69) is 44.9 Å². The molecular formula is C15H31NS. The Morgan fingerprint density at radius 1 is 1.29 bits per heavy atom. The topological polar surface area (TPSA) is 12.0 Å². The Labute approximate surface area is 113 Å². The Hall–Kier alpha value is 0.310. The van der Waals surface area contributed by atoms with Crippen molar-refractivity contribution in [2.75, 3.05) is 18.6 Å². The summed E-state index contributed by atoms with van der Waals surface area (Å²) in [5.41, 5.74) is 0. The van der Waals surface area contributed by atoms with Crippen molar-refractivity contribution in [1.29, 1.82) is 0 Å². The maximum absolute atomic E-state index is 3.55. The Balaban J connectivity index is 2.34. The van der Waals surface area contributed by atoms with Crippen molar-refractivity contribution in [2.24, 2.45) is 17.8 Å². The molecule has 1 aliphatic carbocycles. The summed E-state index contributed by atoms with van der Waals surface area (Å²) in [4.78, 5) is 0. The second-order valence-electron chi connectivity index (χ2n) is 5.81. The first-order valence-corrected chi connectivity index (χ1v) is 8.59. The molecule has 3 unspecified atom stereocenters. The first kappa shape index (κ1) is 15.4. The molecular weight excluding hydrogens is 226 g/mol. The number of hydrogen-bond acceptors (Lipinski definition) is 2. The van der Waals surface area contributed by atoms with E-state index in [0.717, 1.165) is 23.8 Å². The molecule has 1 fully saturated rings. The average Bonchev–Trinajstić information content (AvgIpc) is 2.34. The Morgan fingerprint density at radius 2 is 2.06 bits per heavy atom. The molecule has 1 nitrogen and oxygen atoms in total. The van der Waals surface area contributed by atoms with Crippen molar-refractivity contribution in [3.05, 3.63) is 0 Å². The van der Waals surface area contributed by atoms with Crippen LogP contribution in [-0.2, 0) is 0 Å². The van der Waals surface area contributed by atoms with E-state index in [9.17, 15) is 0 Å². The molecule has 0 amide bonds. The van der Waals surface area contributed by atoms with Gasteiger partial charge >= 0.3 is 0 Å². The van der Waals surface area contributed by atoms with E-state index in [4.69, 9.17) is 0 Å². The summed E-state index contributed by atoms with van der Waals surface area (Å²) < 4.78 is 0. The van der Waals surface area contributed by atoms with Crippen LogP contribution in [-0.4, -0.2) is 24.6 Å². The third-order valence-electron chi connectivity index (χ3n) is 4.40. The fourth-order valence-corrected chi connectivity index (χ4v) is 3.86. The highest BCUT2D eigenvalue weighted by Crippen LogP contribution is 2.36. The van der Waals surface area contributed by atoms with Gasteiger partial charge in [-0.2, -0.15) is 11.8 Å². The van der Waals surface area contributed by atoms with E-state index in [1.807, 2.05) is 0 Å². The zero-order valence-corrected chi connectivity index (χ0v) is 13.0. The molecule has 0 spiro atoms. The van der Waals surface area contributed by atoms with Crippen molar-refractivity contribution in [2.45, 2.75) is 58.9 Å². The van der Waals surface area contributed by atoms with Gasteiger partial charge in [0.2, 0.25) is 0 Å². The van der Waals surface area contributed by atoms with Crippen LogP contribution in [0.3, 0.4) is 0 Å². The predicted octanol–water partition coefficient (Wildman–Crippen LogP) is 4.18. The van der Waals surface area contributed by atoms with Crippen LogP contribution in [0.25, 0.3) is 0 Å². The third-order valence-corrected chi connectivity index (χ3v) is 5.39. The number of nitrogens with one attached hydrogen (secondary N) is 1.